The first-order valence-electron chi connectivity index (χ1n) is 11.4. The van der Waals surface area contributed by atoms with Crippen molar-refractivity contribution in [2.75, 3.05) is 5.32 Å². The van der Waals surface area contributed by atoms with E-state index in [1.807, 2.05) is 6.92 Å². The van der Waals surface area contributed by atoms with Crippen LogP contribution >= 0.6 is 0 Å². The van der Waals surface area contributed by atoms with Gasteiger partial charge < -0.3 is 10.6 Å². The van der Waals surface area contributed by atoms with Gasteiger partial charge in [0, 0.05) is 17.8 Å². The van der Waals surface area contributed by atoms with Crippen LogP contribution in [-0.2, 0) is 35.6 Å². The monoisotopic (exact) mass is 456 g/mol. The second kappa shape index (κ2) is 8.24. The minimum atomic E-state index is -3.72. The minimum Gasteiger partial charge on any atom is -0.307 e. The number of nitrogens with zero attached hydrogens (tertiary/aromatic N) is 1. The number of nitrogens with two attached hydrogens (primary N) is 1. The van der Waals surface area contributed by atoms with E-state index in [-0.39, 0.29) is 10.9 Å². The molecule has 8 heteroatoms. The predicted molar refractivity (Wildman–Crippen MR) is 124 cm³/mol. The third-order valence-corrected chi connectivity index (χ3v) is 8.46. The Morgan fingerprint density at radius 1 is 1.12 bits per heavy atom. The third kappa shape index (κ3) is 3.95. The van der Waals surface area contributed by atoms with Crippen molar-refractivity contribution in [3.63, 3.8) is 0 Å². The van der Waals surface area contributed by atoms with Gasteiger partial charge in [-0.05, 0) is 91.8 Å². The average Bonchev–Trinajstić information content (AvgIpc) is 3.14. The van der Waals surface area contributed by atoms with Gasteiger partial charge in [-0.3, -0.25) is 0 Å². The van der Waals surface area contributed by atoms with Crippen LogP contribution in [0.15, 0.2) is 33.5 Å². The van der Waals surface area contributed by atoms with Gasteiger partial charge in [-0.25, -0.2) is 18.5 Å². The number of benzene rings is 2. The molecule has 2 aromatic carbocycles. The lowest BCUT2D eigenvalue weighted by molar-refractivity contribution is 0.260. The molecule has 6 nitrogen and oxygen atoms in total. The number of fused-ring (bicyclic) bond motifs is 2. The van der Waals surface area contributed by atoms with Gasteiger partial charge in [-0.15, -0.1) is 4.36 Å². The molecule has 4 N–H and O–H groups in total. The Balaban J connectivity index is 1.37. The largest absolute Gasteiger partial charge is 0.354 e. The zero-order valence-corrected chi connectivity index (χ0v) is 19.1. The van der Waals surface area contributed by atoms with Crippen molar-refractivity contribution in [1.29, 1.82) is 0 Å². The van der Waals surface area contributed by atoms with Crippen molar-refractivity contribution >= 4 is 21.6 Å². The van der Waals surface area contributed by atoms with Crippen LogP contribution in [0, 0.1) is 5.82 Å². The number of anilines is 1. The number of urea groups is 1. The number of rotatable bonds is 5. The summed E-state index contributed by atoms with van der Waals surface area (Å²) in [6.07, 6.45) is 8.33. The molecule has 0 aliphatic heterocycles. The second-order valence-electron chi connectivity index (χ2n) is 9.18. The number of carbonyl (C=O) groups is 1. The van der Waals surface area contributed by atoms with E-state index in [0.29, 0.717) is 6.04 Å². The SMILES string of the molecule is CC(NC1CCC1)c1ccc(S(N)(=O)=NC(=O)Nc2c3c(cc4c2CC4)CCC3)c(F)c1. The number of halogens is 1. The van der Waals surface area contributed by atoms with E-state index in [1.54, 1.807) is 6.07 Å². The molecule has 0 aromatic heterocycles. The van der Waals surface area contributed by atoms with Crippen LogP contribution in [0.5, 0.6) is 0 Å². The first-order valence-corrected chi connectivity index (χ1v) is 13.0. The molecule has 2 unspecified atom stereocenters. The van der Waals surface area contributed by atoms with Crippen molar-refractivity contribution in [1.82, 2.24) is 5.32 Å². The van der Waals surface area contributed by atoms with E-state index in [4.69, 9.17) is 5.14 Å². The van der Waals surface area contributed by atoms with Crippen LogP contribution in [0.1, 0.15) is 66.5 Å². The Morgan fingerprint density at radius 2 is 1.88 bits per heavy atom. The Hall–Kier alpha value is -2.29. The molecule has 3 aliphatic carbocycles. The fourth-order valence-electron chi connectivity index (χ4n) is 4.94. The summed E-state index contributed by atoms with van der Waals surface area (Å²) in [5, 5.41) is 12.1. The van der Waals surface area contributed by atoms with E-state index >= 15 is 0 Å². The van der Waals surface area contributed by atoms with Gasteiger partial charge in [0.1, 0.15) is 15.7 Å². The van der Waals surface area contributed by atoms with Gasteiger partial charge in [0.25, 0.3) is 0 Å². The van der Waals surface area contributed by atoms with Crippen molar-refractivity contribution in [2.24, 2.45) is 9.50 Å². The summed E-state index contributed by atoms with van der Waals surface area (Å²) in [6.45, 7) is 1.97. The molecule has 2 amide bonds. The maximum absolute atomic E-state index is 14.8. The molecule has 0 saturated heterocycles. The van der Waals surface area contributed by atoms with E-state index < -0.39 is 21.8 Å². The van der Waals surface area contributed by atoms with Gasteiger partial charge in [-0.1, -0.05) is 18.6 Å². The fraction of sp³-hybridized carbons (Fsp3) is 0.458. The van der Waals surface area contributed by atoms with Crippen molar-refractivity contribution < 1.29 is 13.4 Å². The van der Waals surface area contributed by atoms with Crippen LogP contribution in [0.2, 0.25) is 0 Å². The smallest absolute Gasteiger partial charge is 0.307 e. The maximum Gasteiger partial charge on any atom is 0.354 e. The zero-order valence-electron chi connectivity index (χ0n) is 18.2. The molecule has 2 atom stereocenters. The molecule has 0 heterocycles. The van der Waals surface area contributed by atoms with E-state index in [1.165, 1.54) is 29.7 Å². The number of carbonyl (C=O) groups excluding carboxylic acids is 1. The third-order valence-electron chi connectivity index (χ3n) is 7.06. The van der Waals surface area contributed by atoms with E-state index in [2.05, 4.69) is 21.1 Å². The quantitative estimate of drug-likeness (QED) is 0.616. The summed E-state index contributed by atoms with van der Waals surface area (Å²) >= 11 is 0. The highest BCUT2D eigenvalue weighted by molar-refractivity contribution is 7.91. The lowest BCUT2D eigenvalue weighted by Gasteiger charge is -2.30. The van der Waals surface area contributed by atoms with Gasteiger partial charge in [-0.2, -0.15) is 0 Å². The van der Waals surface area contributed by atoms with Crippen LogP contribution < -0.4 is 15.8 Å². The molecule has 3 aliphatic rings. The second-order valence-corrected chi connectivity index (χ2v) is 10.9. The number of aryl methyl sites for hydroxylation is 2. The Kier molecular flexibility index (Phi) is 5.55. The Bertz CT molecular complexity index is 1210. The average molecular weight is 457 g/mol. The van der Waals surface area contributed by atoms with Crippen molar-refractivity contribution in [3.05, 3.63) is 57.9 Å². The molecule has 1 fully saturated rings. The molecule has 2 aromatic rings. The highest BCUT2D eigenvalue weighted by Gasteiger charge is 2.27. The number of hydrogen-bond acceptors (Lipinski definition) is 3. The van der Waals surface area contributed by atoms with Crippen LogP contribution in [-0.4, -0.2) is 16.3 Å². The summed E-state index contributed by atoms with van der Waals surface area (Å²) in [7, 11) is -3.72. The standard InChI is InChI=1S/C24H29FN4O2S/c1-14(27-18-5-3-6-18)15-9-11-22(21(25)13-15)32(26,31)29-24(30)28-23-19-7-2-4-16(19)12-17-8-10-20(17)23/h9,11-14,18,27H,2-8,10H2,1H3,(H3,26,28,29,30,31). The van der Waals surface area contributed by atoms with E-state index in [0.717, 1.165) is 67.3 Å². The van der Waals surface area contributed by atoms with Crippen molar-refractivity contribution in [3.8, 4) is 0 Å². The summed E-state index contributed by atoms with van der Waals surface area (Å²) < 4.78 is 31.6. The van der Waals surface area contributed by atoms with Gasteiger partial charge >= 0.3 is 6.03 Å². The maximum atomic E-state index is 14.8. The van der Waals surface area contributed by atoms with Crippen LogP contribution in [0.25, 0.3) is 0 Å². The summed E-state index contributed by atoms with van der Waals surface area (Å²) in [6, 6.07) is 6.28. The Morgan fingerprint density at radius 3 is 2.53 bits per heavy atom. The number of nitrogens with one attached hydrogen (secondary N) is 2. The summed E-state index contributed by atoms with van der Waals surface area (Å²) in [5.74, 6) is -0.710. The van der Waals surface area contributed by atoms with Gasteiger partial charge in [0.05, 0.1) is 4.90 Å². The summed E-state index contributed by atoms with van der Waals surface area (Å²) in [5.41, 5.74) is 6.31. The lowest BCUT2D eigenvalue weighted by atomic mass is 9.83. The number of amides is 2. The summed E-state index contributed by atoms with van der Waals surface area (Å²) in [4.78, 5) is 12.4. The molecule has 32 heavy (non-hydrogen) atoms. The topological polar surface area (TPSA) is 96.6 Å². The normalized spacial score (nSPS) is 19.7. The molecular weight excluding hydrogens is 427 g/mol. The first-order chi connectivity index (χ1) is 15.3. The highest BCUT2D eigenvalue weighted by atomic mass is 32.2. The predicted octanol–water partition coefficient (Wildman–Crippen LogP) is 4.55. The fourth-order valence-corrected chi connectivity index (χ4v) is 5.94. The van der Waals surface area contributed by atoms with Crippen molar-refractivity contribution in [2.45, 2.75) is 75.3 Å². The lowest BCUT2D eigenvalue weighted by Crippen LogP contribution is -2.36. The molecule has 0 radical (unpaired) electrons. The molecule has 0 spiro atoms. The van der Waals surface area contributed by atoms with Gasteiger partial charge in [0.2, 0.25) is 0 Å². The molecular formula is C24H29FN4O2S. The highest BCUT2D eigenvalue weighted by Crippen LogP contribution is 2.39. The Labute approximate surface area is 188 Å². The molecule has 1 saturated carbocycles. The van der Waals surface area contributed by atoms with Crippen LogP contribution in [0.4, 0.5) is 14.9 Å². The van der Waals surface area contributed by atoms with Gasteiger partial charge in [0.15, 0.2) is 0 Å². The zero-order chi connectivity index (χ0) is 22.5. The minimum absolute atomic E-state index is 0.0313. The van der Waals surface area contributed by atoms with Crippen LogP contribution in [0.3, 0.4) is 0 Å². The molecule has 0 bridgehead atoms. The number of hydrogen-bond donors (Lipinski definition) is 3. The van der Waals surface area contributed by atoms with E-state index in [9.17, 15) is 13.4 Å². The molecule has 5 rings (SSSR count). The first kappa shape index (κ1) is 21.6. The molecule has 170 valence electrons.